The highest BCUT2D eigenvalue weighted by molar-refractivity contribution is 5.78. The number of alkyl halides is 3. The van der Waals surface area contributed by atoms with E-state index in [1.54, 1.807) is 13.8 Å². The van der Waals surface area contributed by atoms with Crippen LogP contribution in [0, 0.1) is 0 Å². The molecule has 0 saturated carbocycles. The fourth-order valence-corrected chi connectivity index (χ4v) is 0.797. The molecule has 0 aliphatic rings. The Morgan fingerprint density at radius 3 is 2.06 bits per heavy atom. The molecular weight excluding hydrogens is 239 g/mol. The molecule has 0 aliphatic carbocycles. The second-order valence-electron chi connectivity index (χ2n) is 4.84. The minimum Gasteiger partial charge on any atom is -0.388 e. The van der Waals surface area contributed by atoms with Crippen LogP contribution in [0.15, 0.2) is 0 Å². The molecule has 17 heavy (non-hydrogen) atoms. The largest absolute Gasteiger partial charge is 0.411 e. The molecule has 2 N–H and O–H groups in total. The minimum atomic E-state index is -4.45. The molecule has 0 atom stereocenters. The van der Waals surface area contributed by atoms with E-state index in [1.165, 1.54) is 13.8 Å². The molecule has 0 aliphatic heterocycles. The summed E-state index contributed by atoms with van der Waals surface area (Å²) in [6, 6.07) is 0. The lowest BCUT2D eigenvalue weighted by Gasteiger charge is -2.37. The maximum Gasteiger partial charge on any atom is 0.411 e. The van der Waals surface area contributed by atoms with Crippen LogP contribution in [0.1, 0.15) is 27.7 Å². The van der Waals surface area contributed by atoms with Crippen LogP contribution >= 0.6 is 0 Å². The number of hydrogen-bond donors (Lipinski definition) is 2. The summed E-state index contributed by atoms with van der Waals surface area (Å²) in [5.74, 6) is -0.707. The molecule has 0 aromatic heterocycles. The molecule has 1 amide bonds. The van der Waals surface area contributed by atoms with Crippen molar-refractivity contribution in [2.24, 2.45) is 0 Å². The molecule has 0 bridgehead atoms. The number of carbonyl (C=O) groups excluding carboxylic acids is 1. The van der Waals surface area contributed by atoms with Crippen LogP contribution in [0.5, 0.6) is 0 Å². The first-order valence-electron chi connectivity index (χ1n) is 5.03. The van der Waals surface area contributed by atoms with E-state index in [0.717, 1.165) is 0 Å². The standard InChI is InChI=1S/C10H18F3NO3/c1-8(2,9(3,4)16)14-7(15)5-17-6-10(11,12)13/h16H,5-6H2,1-4H3,(H,14,15). The van der Waals surface area contributed by atoms with Crippen LogP contribution in [-0.2, 0) is 9.53 Å². The van der Waals surface area contributed by atoms with Crippen molar-refractivity contribution in [1.29, 1.82) is 0 Å². The molecule has 0 saturated heterocycles. The Morgan fingerprint density at radius 1 is 1.24 bits per heavy atom. The molecule has 0 heterocycles. The Balaban J connectivity index is 4.12. The van der Waals surface area contributed by atoms with E-state index >= 15 is 0 Å². The van der Waals surface area contributed by atoms with Crippen molar-refractivity contribution in [2.45, 2.75) is 45.0 Å². The zero-order valence-corrected chi connectivity index (χ0v) is 10.3. The monoisotopic (exact) mass is 257 g/mol. The Hall–Kier alpha value is -0.820. The third-order valence-electron chi connectivity index (χ3n) is 2.48. The van der Waals surface area contributed by atoms with Gasteiger partial charge in [-0.15, -0.1) is 0 Å². The van der Waals surface area contributed by atoms with Gasteiger partial charge < -0.3 is 15.2 Å². The normalized spacial score (nSPS) is 13.6. The van der Waals surface area contributed by atoms with Gasteiger partial charge in [0.2, 0.25) is 5.91 Å². The topological polar surface area (TPSA) is 58.6 Å². The molecule has 0 spiro atoms. The predicted molar refractivity (Wildman–Crippen MR) is 55.4 cm³/mol. The van der Waals surface area contributed by atoms with E-state index < -0.39 is 36.4 Å². The molecule has 0 aromatic carbocycles. The van der Waals surface area contributed by atoms with E-state index in [4.69, 9.17) is 0 Å². The predicted octanol–water partition coefficient (Wildman–Crippen LogP) is 1.23. The van der Waals surface area contributed by atoms with Crippen molar-refractivity contribution in [3.8, 4) is 0 Å². The molecular formula is C10H18F3NO3. The molecule has 0 fully saturated rings. The lowest BCUT2D eigenvalue weighted by atomic mass is 9.86. The highest BCUT2D eigenvalue weighted by Gasteiger charge is 2.36. The molecule has 7 heteroatoms. The zero-order valence-electron chi connectivity index (χ0n) is 10.3. The smallest absolute Gasteiger partial charge is 0.388 e. The van der Waals surface area contributed by atoms with Crippen LogP contribution in [0.25, 0.3) is 0 Å². The summed E-state index contributed by atoms with van der Waals surface area (Å²) >= 11 is 0. The second kappa shape index (κ2) is 5.22. The van der Waals surface area contributed by atoms with Gasteiger partial charge in [-0.3, -0.25) is 4.79 Å². The SMILES string of the molecule is CC(C)(O)C(C)(C)NC(=O)COCC(F)(F)F. The summed E-state index contributed by atoms with van der Waals surface area (Å²) in [5.41, 5.74) is -2.17. The van der Waals surface area contributed by atoms with Gasteiger partial charge in [0.15, 0.2) is 0 Å². The third kappa shape index (κ3) is 6.48. The number of nitrogens with one attached hydrogen (secondary N) is 1. The first-order chi connectivity index (χ1) is 7.35. The fraction of sp³-hybridized carbons (Fsp3) is 0.900. The van der Waals surface area contributed by atoms with Crippen LogP contribution in [0.2, 0.25) is 0 Å². The quantitative estimate of drug-likeness (QED) is 0.778. The summed E-state index contributed by atoms with van der Waals surface area (Å²) in [4.78, 5) is 11.3. The Kier molecular flexibility index (Phi) is 4.97. The fourth-order valence-electron chi connectivity index (χ4n) is 0.797. The number of rotatable bonds is 5. The molecule has 0 unspecified atom stereocenters. The van der Waals surface area contributed by atoms with Gasteiger partial charge in [-0.2, -0.15) is 13.2 Å². The average Bonchev–Trinajstić information content (AvgIpc) is 1.97. The maximum absolute atomic E-state index is 11.7. The van der Waals surface area contributed by atoms with Crippen molar-refractivity contribution in [3.63, 3.8) is 0 Å². The van der Waals surface area contributed by atoms with Gasteiger partial charge in [-0.1, -0.05) is 0 Å². The first kappa shape index (κ1) is 16.2. The molecule has 0 radical (unpaired) electrons. The summed E-state index contributed by atoms with van der Waals surface area (Å²) < 4.78 is 39.4. The van der Waals surface area contributed by atoms with Gasteiger partial charge >= 0.3 is 6.18 Å². The van der Waals surface area contributed by atoms with E-state index in [-0.39, 0.29) is 0 Å². The maximum atomic E-state index is 11.7. The summed E-state index contributed by atoms with van der Waals surface area (Å²) in [5, 5.41) is 12.1. The van der Waals surface area contributed by atoms with Gasteiger partial charge in [0.25, 0.3) is 0 Å². The number of amides is 1. The molecule has 0 aromatic rings. The third-order valence-corrected chi connectivity index (χ3v) is 2.48. The summed E-state index contributed by atoms with van der Waals surface area (Å²) in [7, 11) is 0. The minimum absolute atomic E-state index is 0.695. The Labute approximate surface area is 98.1 Å². The number of aliphatic hydroxyl groups is 1. The highest BCUT2D eigenvalue weighted by atomic mass is 19.4. The highest BCUT2D eigenvalue weighted by Crippen LogP contribution is 2.20. The van der Waals surface area contributed by atoms with Crippen molar-refractivity contribution in [3.05, 3.63) is 0 Å². The number of halogens is 3. The lowest BCUT2D eigenvalue weighted by Crippen LogP contribution is -2.58. The summed E-state index contributed by atoms with van der Waals surface area (Å²) in [6.45, 7) is 3.94. The number of ether oxygens (including phenoxy) is 1. The van der Waals surface area contributed by atoms with Crippen LogP contribution in [0.4, 0.5) is 13.2 Å². The van der Waals surface area contributed by atoms with Crippen LogP contribution in [-0.4, -0.2) is 41.5 Å². The van der Waals surface area contributed by atoms with E-state index in [2.05, 4.69) is 10.1 Å². The Morgan fingerprint density at radius 2 is 1.71 bits per heavy atom. The lowest BCUT2D eigenvalue weighted by molar-refractivity contribution is -0.176. The number of carbonyl (C=O) groups is 1. The van der Waals surface area contributed by atoms with Crippen molar-refractivity contribution in [1.82, 2.24) is 5.32 Å². The second-order valence-corrected chi connectivity index (χ2v) is 4.84. The van der Waals surface area contributed by atoms with Gasteiger partial charge in [0.1, 0.15) is 13.2 Å². The van der Waals surface area contributed by atoms with Crippen molar-refractivity contribution in [2.75, 3.05) is 13.2 Å². The van der Waals surface area contributed by atoms with Gasteiger partial charge in [-0.25, -0.2) is 0 Å². The Bertz CT molecular complexity index is 269. The van der Waals surface area contributed by atoms with Crippen LogP contribution in [0.3, 0.4) is 0 Å². The molecule has 102 valence electrons. The van der Waals surface area contributed by atoms with Gasteiger partial charge in [0.05, 0.1) is 11.1 Å². The van der Waals surface area contributed by atoms with Crippen LogP contribution < -0.4 is 5.32 Å². The summed E-state index contributed by atoms with van der Waals surface area (Å²) in [6.07, 6.45) is -4.45. The first-order valence-corrected chi connectivity index (χ1v) is 5.03. The van der Waals surface area contributed by atoms with Gasteiger partial charge in [0, 0.05) is 0 Å². The van der Waals surface area contributed by atoms with Crippen molar-refractivity contribution < 1.29 is 27.8 Å². The zero-order chi connectivity index (χ0) is 13.9. The van der Waals surface area contributed by atoms with Crippen molar-refractivity contribution >= 4 is 5.91 Å². The molecule has 4 nitrogen and oxygen atoms in total. The molecule has 0 rings (SSSR count). The average molecular weight is 257 g/mol. The van der Waals surface area contributed by atoms with E-state index in [0.29, 0.717) is 0 Å². The number of hydrogen-bond acceptors (Lipinski definition) is 3. The van der Waals surface area contributed by atoms with E-state index in [1.807, 2.05) is 0 Å². The van der Waals surface area contributed by atoms with Gasteiger partial charge in [-0.05, 0) is 27.7 Å². The van der Waals surface area contributed by atoms with E-state index in [9.17, 15) is 23.1 Å².